The molecule has 0 saturated heterocycles. The minimum Gasteiger partial charge on any atom is -0.493 e. The van der Waals surface area contributed by atoms with Crippen LogP contribution >= 0.6 is 15.9 Å². The lowest BCUT2D eigenvalue weighted by Gasteiger charge is -2.17. The Morgan fingerprint density at radius 2 is 2.11 bits per heavy atom. The summed E-state index contributed by atoms with van der Waals surface area (Å²) >= 11 is 3.57. The van der Waals surface area contributed by atoms with E-state index in [0.29, 0.717) is 12.5 Å². The first-order valence-corrected chi connectivity index (χ1v) is 7.55. The van der Waals surface area contributed by atoms with Gasteiger partial charge in [-0.25, -0.2) is 0 Å². The van der Waals surface area contributed by atoms with Crippen molar-refractivity contribution < 1.29 is 9.47 Å². The highest BCUT2D eigenvalue weighted by Crippen LogP contribution is 2.37. The molecule has 0 saturated carbocycles. The number of rotatable bonds is 8. The molecule has 0 aromatic heterocycles. The molecular formula is C15H24BrNO2. The van der Waals surface area contributed by atoms with Crippen molar-refractivity contribution in [3.8, 4) is 11.5 Å². The first kappa shape index (κ1) is 16.3. The average Bonchev–Trinajstić information content (AvgIpc) is 2.37. The number of benzene rings is 1. The molecule has 1 aromatic rings. The average molecular weight is 330 g/mol. The molecule has 0 aliphatic rings. The van der Waals surface area contributed by atoms with Crippen LogP contribution in [0.25, 0.3) is 0 Å². The van der Waals surface area contributed by atoms with Crippen LogP contribution in [-0.4, -0.2) is 20.8 Å². The maximum absolute atomic E-state index is 5.91. The van der Waals surface area contributed by atoms with Crippen molar-refractivity contribution >= 4 is 15.9 Å². The molecule has 1 N–H and O–H groups in total. The highest BCUT2D eigenvalue weighted by molar-refractivity contribution is 9.10. The van der Waals surface area contributed by atoms with Crippen LogP contribution in [0.5, 0.6) is 11.5 Å². The van der Waals surface area contributed by atoms with Crippen molar-refractivity contribution in [3.63, 3.8) is 0 Å². The van der Waals surface area contributed by atoms with Crippen molar-refractivity contribution in [2.75, 3.05) is 20.8 Å². The summed E-state index contributed by atoms with van der Waals surface area (Å²) in [5.74, 6) is 2.13. The Kier molecular flexibility index (Phi) is 7.24. The molecule has 0 bridgehead atoms. The monoisotopic (exact) mass is 329 g/mol. The molecule has 0 fully saturated rings. The van der Waals surface area contributed by atoms with Gasteiger partial charge in [0.05, 0.1) is 18.2 Å². The zero-order valence-corrected chi connectivity index (χ0v) is 13.8. The fourth-order valence-electron chi connectivity index (χ4n) is 2.02. The van der Waals surface area contributed by atoms with Gasteiger partial charge in [-0.15, -0.1) is 0 Å². The maximum Gasteiger partial charge on any atom is 0.175 e. The summed E-state index contributed by atoms with van der Waals surface area (Å²) in [6, 6.07) is 4.08. The van der Waals surface area contributed by atoms with Gasteiger partial charge in [-0.2, -0.15) is 0 Å². The number of nitrogens with one attached hydrogen (secondary N) is 1. The second-order valence-corrected chi connectivity index (χ2v) is 5.70. The van der Waals surface area contributed by atoms with Gasteiger partial charge in [-0.05, 0) is 53.0 Å². The Labute approximate surface area is 124 Å². The molecule has 0 aliphatic carbocycles. The van der Waals surface area contributed by atoms with Gasteiger partial charge < -0.3 is 14.8 Å². The van der Waals surface area contributed by atoms with Gasteiger partial charge in [-0.1, -0.05) is 20.3 Å². The maximum atomic E-state index is 5.91. The molecule has 19 heavy (non-hydrogen) atoms. The largest absolute Gasteiger partial charge is 0.493 e. The molecule has 1 unspecified atom stereocenters. The summed E-state index contributed by atoms with van der Waals surface area (Å²) in [4.78, 5) is 0. The van der Waals surface area contributed by atoms with Crippen LogP contribution in [-0.2, 0) is 6.54 Å². The van der Waals surface area contributed by atoms with Gasteiger partial charge in [-0.3, -0.25) is 0 Å². The summed E-state index contributed by atoms with van der Waals surface area (Å²) in [5, 5.41) is 3.13. The first-order valence-electron chi connectivity index (χ1n) is 6.76. The van der Waals surface area contributed by atoms with E-state index in [1.54, 1.807) is 7.11 Å². The molecule has 1 rings (SSSR count). The van der Waals surface area contributed by atoms with E-state index >= 15 is 0 Å². The molecule has 1 aromatic carbocycles. The topological polar surface area (TPSA) is 30.5 Å². The highest BCUT2D eigenvalue weighted by Gasteiger charge is 2.13. The number of ether oxygens (including phenoxy) is 2. The third-order valence-corrected chi connectivity index (χ3v) is 3.55. The molecule has 1 atom stereocenters. The van der Waals surface area contributed by atoms with Gasteiger partial charge in [0.1, 0.15) is 0 Å². The van der Waals surface area contributed by atoms with Crippen molar-refractivity contribution in [3.05, 3.63) is 22.2 Å². The Balaban J connectivity index is 2.81. The molecule has 0 spiro atoms. The Hall–Kier alpha value is -0.740. The normalized spacial score (nSPS) is 12.3. The molecule has 4 heteroatoms. The number of methoxy groups -OCH3 is 1. The standard InChI is InChI=1S/C15H24BrNO2/c1-5-6-11(2)10-19-15-13(16)7-12(9-17-3)8-14(15)18-4/h7-8,11,17H,5-6,9-10H2,1-4H3. The van der Waals surface area contributed by atoms with Gasteiger partial charge >= 0.3 is 0 Å². The predicted octanol–water partition coefficient (Wildman–Crippen LogP) is 3.99. The Morgan fingerprint density at radius 3 is 2.68 bits per heavy atom. The minimum absolute atomic E-state index is 0.554. The van der Waals surface area contributed by atoms with Crippen LogP contribution in [0.2, 0.25) is 0 Å². The van der Waals surface area contributed by atoms with Gasteiger partial charge in [0.2, 0.25) is 0 Å². The van der Waals surface area contributed by atoms with Crippen molar-refractivity contribution in [2.45, 2.75) is 33.2 Å². The third-order valence-electron chi connectivity index (χ3n) is 2.96. The SMILES string of the molecule is CCCC(C)COc1c(Br)cc(CNC)cc1OC. The van der Waals surface area contributed by atoms with Gasteiger partial charge in [0, 0.05) is 6.54 Å². The minimum atomic E-state index is 0.554. The fraction of sp³-hybridized carbons (Fsp3) is 0.600. The summed E-state index contributed by atoms with van der Waals surface area (Å²) in [5.41, 5.74) is 1.17. The number of hydrogen-bond acceptors (Lipinski definition) is 3. The fourth-order valence-corrected chi connectivity index (χ4v) is 2.63. The Bertz CT molecular complexity index is 396. The molecular weight excluding hydrogens is 306 g/mol. The zero-order chi connectivity index (χ0) is 14.3. The second-order valence-electron chi connectivity index (χ2n) is 4.84. The van der Waals surface area contributed by atoms with E-state index in [-0.39, 0.29) is 0 Å². The van der Waals surface area contributed by atoms with Crippen molar-refractivity contribution in [1.82, 2.24) is 5.32 Å². The first-order chi connectivity index (χ1) is 9.12. The summed E-state index contributed by atoms with van der Waals surface area (Å²) in [6.45, 7) is 5.93. The van der Waals surface area contributed by atoms with Crippen LogP contribution in [0.1, 0.15) is 32.3 Å². The lowest BCUT2D eigenvalue weighted by atomic mass is 10.1. The lowest BCUT2D eigenvalue weighted by Crippen LogP contribution is -2.10. The van der Waals surface area contributed by atoms with E-state index in [1.165, 1.54) is 18.4 Å². The molecule has 0 aliphatic heterocycles. The molecule has 0 amide bonds. The molecule has 108 valence electrons. The number of halogens is 1. The predicted molar refractivity (Wildman–Crippen MR) is 83.0 cm³/mol. The zero-order valence-electron chi connectivity index (χ0n) is 12.3. The quantitative estimate of drug-likeness (QED) is 0.782. The van der Waals surface area contributed by atoms with Crippen LogP contribution in [0.4, 0.5) is 0 Å². The van der Waals surface area contributed by atoms with E-state index in [9.17, 15) is 0 Å². The van der Waals surface area contributed by atoms with E-state index in [1.807, 2.05) is 13.1 Å². The van der Waals surface area contributed by atoms with Crippen LogP contribution < -0.4 is 14.8 Å². The smallest absolute Gasteiger partial charge is 0.175 e. The van der Waals surface area contributed by atoms with Crippen LogP contribution in [0, 0.1) is 5.92 Å². The molecule has 0 radical (unpaired) electrons. The van der Waals surface area contributed by atoms with E-state index in [0.717, 1.165) is 22.5 Å². The summed E-state index contributed by atoms with van der Waals surface area (Å²) in [6.07, 6.45) is 2.36. The summed E-state index contributed by atoms with van der Waals surface area (Å²) in [7, 11) is 3.60. The molecule has 0 heterocycles. The van der Waals surface area contributed by atoms with Gasteiger partial charge in [0.25, 0.3) is 0 Å². The van der Waals surface area contributed by atoms with Crippen LogP contribution in [0.3, 0.4) is 0 Å². The lowest BCUT2D eigenvalue weighted by molar-refractivity contribution is 0.239. The van der Waals surface area contributed by atoms with Crippen LogP contribution in [0.15, 0.2) is 16.6 Å². The van der Waals surface area contributed by atoms with Crippen molar-refractivity contribution in [2.24, 2.45) is 5.92 Å². The van der Waals surface area contributed by atoms with E-state index < -0.39 is 0 Å². The van der Waals surface area contributed by atoms with Crippen molar-refractivity contribution in [1.29, 1.82) is 0 Å². The number of hydrogen-bond donors (Lipinski definition) is 1. The molecule has 3 nitrogen and oxygen atoms in total. The summed E-state index contributed by atoms with van der Waals surface area (Å²) < 4.78 is 12.3. The van der Waals surface area contributed by atoms with E-state index in [4.69, 9.17) is 9.47 Å². The highest BCUT2D eigenvalue weighted by atomic mass is 79.9. The second kappa shape index (κ2) is 8.43. The van der Waals surface area contributed by atoms with Gasteiger partial charge in [0.15, 0.2) is 11.5 Å². The Morgan fingerprint density at radius 1 is 1.37 bits per heavy atom. The van der Waals surface area contributed by atoms with E-state index in [2.05, 4.69) is 41.2 Å². The third kappa shape index (κ3) is 5.03.